The van der Waals surface area contributed by atoms with E-state index in [1.165, 1.54) is 19.1 Å². The lowest BCUT2D eigenvalue weighted by molar-refractivity contribution is -0.137. The van der Waals surface area contributed by atoms with Gasteiger partial charge in [-0.25, -0.2) is 14.3 Å². The molecule has 0 spiro atoms. The van der Waals surface area contributed by atoms with Crippen molar-refractivity contribution in [3.05, 3.63) is 88.9 Å². The molecule has 0 bridgehead atoms. The molecule has 0 radical (unpaired) electrons. The first-order valence-corrected chi connectivity index (χ1v) is 13.1. The topological polar surface area (TPSA) is 82.5 Å². The molecule has 2 heterocycles. The molecule has 37 heavy (non-hydrogen) atoms. The number of ether oxygens (including phenoxy) is 2. The van der Waals surface area contributed by atoms with Crippen molar-refractivity contribution in [1.29, 1.82) is 0 Å². The minimum absolute atomic E-state index is 0.345. The van der Waals surface area contributed by atoms with Gasteiger partial charge in [0.25, 0.3) is 0 Å². The third kappa shape index (κ3) is 5.34. The van der Waals surface area contributed by atoms with Gasteiger partial charge in [0, 0.05) is 33.6 Å². The van der Waals surface area contributed by atoms with Crippen LogP contribution < -0.4 is 5.32 Å². The van der Waals surface area contributed by atoms with E-state index in [0.29, 0.717) is 33.8 Å². The number of methoxy groups -OCH3 is 2. The molecule has 0 saturated heterocycles. The molecule has 1 N–H and O–H groups in total. The number of hydrogen-bond donors (Lipinski definition) is 1. The largest absolute Gasteiger partial charge is 0.466 e. The van der Waals surface area contributed by atoms with E-state index in [2.05, 4.69) is 24.4 Å². The summed E-state index contributed by atoms with van der Waals surface area (Å²) >= 11 is 1.80. The molecule has 7 nitrogen and oxygen atoms in total. The fraction of sp³-hybridized carbons (Fsp3) is 0.276. The lowest BCUT2D eigenvalue weighted by Crippen LogP contribution is -2.32. The average molecular weight is 518 g/mol. The molecule has 0 fully saturated rings. The lowest BCUT2D eigenvalue weighted by atomic mass is 9.79. The standard InChI is InChI=1S/C29H31N3O4S/c1-6-16-37-22-14-12-20(13-15-22)27-23(17-32(31-27)21-10-8-7-9-11-21)26-24(28(33)35-4)18(2)30-19(3)25(26)29(34)36-5/h7-15,17,26,30H,6,16H2,1-5H3. The first kappa shape index (κ1) is 26.3. The third-order valence-electron chi connectivity index (χ3n) is 6.25. The van der Waals surface area contributed by atoms with Crippen LogP contribution in [0.2, 0.25) is 0 Å². The number of hydrogen-bond acceptors (Lipinski definition) is 7. The number of para-hydroxylation sites is 1. The minimum atomic E-state index is -0.734. The summed E-state index contributed by atoms with van der Waals surface area (Å²) in [6, 6.07) is 17.9. The molecule has 2 aromatic carbocycles. The minimum Gasteiger partial charge on any atom is -0.466 e. The van der Waals surface area contributed by atoms with E-state index in [4.69, 9.17) is 14.6 Å². The zero-order valence-corrected chi connectivity index (χ0v) is 22.5. The summed E-state index contributed by atoms with van der Waals surface area (Å²) in [4.78, 5) is 27.3. The van der Waals surface area contributed by atoms with Crippen LogP contribution in [0.1, 0.15) is 38.7 Å². The summed E-state index contributed by atoms with van der Waals surface area (Å²) in [5.41, 5.74) is 5.05. The van der Waals surface area contributed by atoms with Crippen LogP contribution in [0.25, 0.3) is 16.9 Å². The van der Waals surface area contributed by atoms with E-state index in [1.807, 2.05) is 48.7 Å². The predicted octanol–water partition coefficient (Wildman–Crippen LogP) is 5.62. The van der Waals surface area contributed by atoms with Gasteiger partial charge in [-0.05, 0) is 50.3 Å². The second-order valence-corrected chi connectivity index (χ2v) is 9.87. The second-order valence-electron chi connectivity index (χ2n) is 8.70. The molecule has 192 valence electrons. The van der Waals surface area contributed by atoms with Gasteiger partial charge in [0.15, 0.2) is 0 Å². The Bertz CT molecular complexity index is 1320. The summed E-state index contributed by atoms with van der Waals surface area (Å²) < 4.78 is 12.1. The van der Waals surface area contributed by atoms with E-state index in [1.54, 1.807) is 30.3 Å². The number of carbonyl (C=O) groups is 2. The maximum absolute atomic E-state index is 13.1. The summed E-state index contributed by atoms with van der Waals surface area (Å²) in [6.45, 7) is 5.77. The normalized spacial score (nSPS) is 14.0. The van der Waals surface area contributed by atoms with Gasteiger partial charge < -0.3 is 14.8 Å². The molecule has 8 heteroatoms. The van der Waals surface area contributed by atoms with Crippen LogP contribution in [0.15, 0.2) is 88.2 Å². The smallest absolute Gasteiger partial charge is 0.336 e. The Morgan fingerprint density at radius 3 is 2.08 bits per heavy atom. The number of benzene rings is 2. The van der Waals surface area contributed by atoms with E-state index in [0.717, 1.165) is 23.4 Å². The zero-order valence-electron chi connectivity index (χ0n) is 21.7. The Labute approximate surface area is 221 Å². The number of aromatic nitrogens is 2. The zero-order chi connectivity index (χ0) is 26.5. The van der Waals surface area contributed by atoms with Crippen molar-refractivity contribution >= 4 is 23.7 Å². The van der Waals surface area contributed by atoms with E-state index < -0.39 is 17.9 Å². The van der Waals surface area contributed by atoms with Crippen LogP contribution in [0.4, 0.5) is 0 Å². The first-order chi connectivity index (χ1) is 17.9. The van der Waals surface area contributed by atoms with E-state index >= 15 is 0 Å². The van der Waals surface area contributed by atoms with E-state index in [-0.39, 0.29) is 0 Å². The molecule has 0 saturated carbocycles. The third-order valence-corrected chi connectivity index (χ3v) is 7.46. The lowest BCUT2D eigenvalue weighted by Gasteiger charge is -2.29. The van der Waals surface area contributed by atoms with Gasteiger partial charge in [-0.2, -0.15) is 5.10 Å². The van der Waals surface area contributed by atoms with Crippen LogP contribution in [0, 0.1) is 0 Å². The molecular formula is C29H31N3O4S. The SMILES string of the molecule is CCCSc1ccc(-c2nn(-c3ccccc3)cc2C2C(C(=O)OC)=C(C)NC(C)=C2C(=O)OC)cc1. The number of dihydropyridines is 1. The molecular weight excluding hydrogens is 486 g/mol. The highest BCUT2D eigenvalue weighted by molar-refractivity contribution is 7.99. The van der Waals surface area contributed by atoms with Crippen molar-refractivity contribution in [1.82, 2.24) is 15.1 Å². The van der Waals surface area contributed by atoms with Crippen LogP contribution >= 0.6 is 11.8 Å². The quantitative estimate of drug-likeness (QED) is 0.307. The van der Waals surface area contributed by atoms with Gasteiger partial charge in [0.1, 0.15) is 0 Å². The number of thioether (sulfide) groups is 1. The molecule has 0 amide bonds. The monoisotopic (exact) mass is 517 g/mol. The Balaban J connectivity index is 1.96. The van der Waals surface area contributed by atoms with Crippen molar-refractivity contribution < 1.29 is 19.1 Å². The Morgan fingerprint density at radius 1 is 0.946 bits per heavy atom. The summed E-state index contributed by atoms with van der Waals surface area (Å²) in [7, 11) is 2.67. The molecule has 0 atom stereocenters. The van der Waals surface area contributed by atoms with Crippen molar-refractivity contribution in [2.24, 2.45) is 0 Å². The number of nitrogens with one attached hydrogen (secondary N) is 1. The van der Waals surface area contributed by atoms with Gasteiger partial charge in [0.2, 0.25) is 0 Å². The van der Waals surface area contributed by atoms with E-state index in [9.17, 15) is 9.59 Å². The molecule has 1 aliphatic rings. The van der Waals surface area contributed by atoms with Crippen LogP contribution in [-0.2, 0) is 19.1 Å². The van der Waals surface area contributed by atoms with Crippen LogP contribution in [0.5, 0.6) is 0 Å². The van der Waals surface area contributed by atoms with Gasteiger partial charge >= 0.3 is 11.9 Å². The highest BCUT2D eigenvalue weighted by atomic mass is 32.2. The first-order valence-electron chi connectivity index (χ1n) is 12.1. The molecule has 1 aromatic heterocycles. The van der Waals surface area contributed by atoms with Gasteiger partial charge in [-0.3, -0.25) is 0 Å². The van der Waals surface area contributed by atoms with Crippen molar-refractivity contribution in [2.75, 3.05) is 20.0 Å². The average Bonchev–Trinajstić information content (AvgIpc) is 3.36. The fourth-order valence-electron chi connectivity index (χ4n) is 4.53. The maximum Gasteiger partial charge on any atom is 0.336 e. The van der Waals surface area contributed by atoms with Crippen molar-refractivity contribution in [3.63, 3.8) is 0 Å². The predicted molar refractivity (Wildman–Crippen MR) is 145 cm³/mol. The Hall–Kier alpha value is -3.78. The fourth-order valence-corrected chi connectivity index (χ4v) is 5.30. The molecule has 0 unspecified atom stereocenters. The van der Waals surface area contributed by atoms with Gasteiger partial charge in [-0.15, -0.1) is 11.8 Å². The molecule has 1 aliphatic heterocycles. The van der Waals surface area contributed by atoms with Crippen LogP contribution in [-0.4, -0.2) is 41.7 Å². The number of nitrogens with zero attached hydrogens (tertiary/aromatic N) is 2. The Kier molecular flexibility index (Phi) is 8.18. The highest BCUT2D eigenvalue weighted by Crippen LogP contribution is 2.43. The molecule has 0 aliphatic carbocycles. The van der Waals surface area contributed by atoms with Crippen molar-refractivity contribution in [3.8, 4) is 16.9 Å². The Morgan fingerprint density at radius 2 is 1.54 bits per heavy atom. The molecule has 4 rings (SSSR count). The molecule has 3 aromatic rings. The number of carbonyl (C=O) groups excluding carboxylic acids is 2. The number of esters is 2. The maximum atomic E-state index is 13.1. The summed E-state index contributed by atoms with van der Waals surface area (Å²) in [5, 5.41) is 8.11. The van der Waals surface area contributed by atoms with Gasteiger partial charge in [0.05, 0.1) is 42.7 Å². The summed E-state index contributed by atoms with van der Waals surface area (Å²) in [5.74, 6) is -0.730. The van der Waals surface area contributed by atoms with Gasteiger partial charge in [-0.1, -0.05) is 37.3 Å². The van der Waals surface area contributed by atoms with Crippen LogP contribution in [0.3, 0.4) is 0 Å². The number of rotatable bonds is 8. The number of allylic oxidation sites excluding steroid dienone is 2. The highest BCUT2D eigenvalue weighted by Gasteiger charge is 2.40. The van der Waals surface area contributed by atoms with Crippen molar-refractivity contribution in [2.45, 2.75) is 38.0 Å². The second kappa shape index (κ2) is 11.5. The summed E-state index contributed by atoms with van der Waals surface area (Å²) in [6.07, 6.45) is 2.98.